The van der Waals surface area contributed by atoms with Crippen LogP contribution in [0.1, 0.15) is 27.2 Å². The molecule has 3 heteroatoms. The monoisotopic (exact) mass is 322 g/mol. The van der Waals surface area contributed by atoms with Gasteiger partial charge >= 0.3 is 0 Å². The maximum absolute atomic E-state index is 3.14. The number of benzene rings is 1. The smallest absolute Gasteiger partial charge is 0.0188 e. The van der Waals surface area contributed by atoms with Crippen molar-refractivity contribution in [3.05, 3.63) is 30.3 Å². The van der Waals surface area contributed by atoms with Crippen molar-refractivity contribution >= 4 is 5.69 Å². The molecular formula is C15H25N2Y-. The van der Waals surface area contributed by atoms with Gasteiger partial charge in [-0.1, -0.05) is 26.5 Å². The van der Waals surface area contributed by atoms with Gasteiger partial charge in [-0.2, -0.15) is 24.3 Å². The normalized spacial score (nSPS) is 15.4. The molecule has 18 heavy (non-hydrogen) atoms. The van der Waals surface area contributed by atoms with Crippen molar-refractivity contribution in [3.63, 3.8) is 0 Å². The second-order valence-corrected chi connectivity index (χ2v) is 4.09. The molecule has 0 atom stereocenters. The number of piperazine rings is 1. The van der Waals surface area contributed by atoms with Crippen LogP contribution in [0.3, 0.4) is 0 Å². The largest absolute Gasteiger partial charge is 0.421 e. The van der Waals surface area contributed by atoms with Crippen molar-refractivity contribution in [1.29, 1.82) is 0 Å². The van der Waals surface area contributed by atoms with Gasteiger partial charge < -0.3 is 4.90 Å². The summed E-state index contributed by atoms with van der Waals surface area (Å²) in [5.74, 6) is 0. The summed E-state index contributed by atoms with van der Waals surface area (Å²) in [7, 11) is 0. The van der Waals surface area contributed by atoms with Crippen LogP contribution in [0, 0.1) is 6.07 Å². The number of rotatable bonds is 3. The van der Waals surface area contributed by atoms with Crippen LogP contribution in [-0.2, 0) is 32.7 Å². The Labute approximate surface area is 138 Å². The third kappa shape index (κ3) is 5.82. The minimum absolute atomic E-state index is 0. The van der Waals surface area contributed by atoms with E-state index in [0.717, 1.165) is 13.1 Å². The van der Waals surface area contributed by atoms with E-state index in [1.165, 1.54) is 31.7 Å². The van der Waals surface area contributed by atoms with E-state index in [9.17, 15) is 0 Å². The Bertz CT molecular complexity index is 282. The van der Waals surface area contributed by atoms with Gasteiger partial charge in [0, 0.05) is 58.9 Å². The van der Waals surface area contributed by atoms with Crippen molar-refractivity contribution in [3.8, 4) is 0 Å². The first kappa shape index (κ1) is 18.1. The summed E-state index contributed by atoms with van der Waals surface area (Å²) in [4.78, 5) is 4.99. The van der Waals surface area contributed by atoms with Gasteiger partial charge in [-0.25, -0.2) is 0 Å². The van der Waals surface area contributed by atoms with E-state index in [1.54, 1.807) is 0 Å². The van der Waals surface area contributed by atoms with E-state index in [0.29, 0.717) is 0 Å². The average Bonchev–Trinajstić information content (AvgIpc) is 2.43. The molecule has 99 valence electrons. The van der Waals surface area contributed by atoms with Crippen molar-refractivity contribution in [2.45, 2.75) is 27.2 Å². The first-order valence-electron chi connectivity index (χ1n) is 6.83. The average molecular weight is 322 g/mol. The van der Waals surface area contributed by atoms with Gasteiger partial charge in [-0.05, 0) is 13.0 Å². The Morgan fingerprint density at radius 3 is 2.33 bits per heavy atom. The number of anilines is 1. The van der Waals surface area contributed by atoms with Crippen LogP contribution < -0.4 is 4.90 Å². The Balaban J connectivity index is 0.000000917. The van der Waals surface area contributed by atoms with E-state index < -0.39 is 0 Å². The van der Waals surface area contributed by atoms with E-state index in [2.05, 4.69) is 41.0 Å². The number of nitrogens with zero attached hydrogens (tertiary/aromatic N) is 2. The number of hydrogen-bond donors (Lipinski definition) is 0. The molecule has 0 N–H and O–H groups in total. The molecule has 1 aliphatic heterocycles. The van der Waals surface area contributed by atoms with Crippen molar-refractivity contribution < 1.29 is 32.7 Å². The molecule has 0 spiro atoms. The van der Waals surface area contributed by atoms with Crippen molar-refractivity contribution in [2.24, 2.45) is 0 Å². The van der Waals surface area contributed by atoms with E-state index in [4.69, 9.17) is 0 Å². The van der Waals surface area contributed by atoms with Crippen molar-refractivity contribution in [1.82, 2.24) is 4.90 Å². The molecule has 1 saturated heterocycles. The molecule has 0 unspecified atom stereocenters. The third-order valence-corrected chi connectivity index (χ3v) is 2.97. The predicted molar refractivity (Wildman–Crippen MR) is 75.6 cm³/mol. The molecule has 1 radical (unpaired) electrons. The van der Waals surface area contributed by atoms with Crippen LogP contribution in [-0.4, -0.2) is 37.6 Å². The molecule has 2 rings (SSSR count). The molecule has 1 aliphatic rings. The number of hydrogen-bond acceptors (Lipinski definition) is 2. The maximum Gasteiger partial charge on any atom is 0.0188 e. The molecule has 1 aromatic carbocycles. The zero-order chi connectivity index (χ0) is 12.5. The first-order chi connectivity index (χ1) is 8.40. The Morgan fingerprint density at radius 2 is 1.83 bits per heavy atom. The fourth-order valence-corrected chi connectivity index (χ4v) is 2.13. The fourth-order valence-electron chi connectivity index (χ4n) is 2.13. The zero-order valence-corrected chi connectivity index (χ0v) is 14.9. The Hall–Kier alpha value is 0.0839. The summed E-state index contributed by atoms with van der Waals surface area (Å²) < 4.78 is 0. The fraction of sp³-hybridized carbons (Fsp3) is 0.600. The molecule has 2 nitrogen and oxygen atoms in total. The molecule has 1 aromatic rings. The molecule has 1 heterocycles. The molecular weight excluding hydrogens is 297 g/mol. The molecule has 0 saturated carbocycles. The summed E-state index contributed by atoms with van der Waals surface area (Å²) in [6.07, 6.45) is 1.26. The van der Waals surface area contributed by atoms with Gasteiger partial charge in [0.2, 0.25) is 0 Å². The Kier molecular flexibility index (Phi) is 11.0. The van der Waals surface area contributed by atoms with E-state index >= 15 is 0 Å². The predicted octanol–water partition coefficient (Wildman–Crippen LogP) is 3.04. The minimum atomic E-state index is 0. The van der Waals surface area contributed by atoms with Crippen LogP contribution in [0.25, 0.3) is 0 Å². The summed E-state index contributed by atoms with van der Waals surface area (Å²) >= 11 is 0. The van der Waals surface area contributed by atoms with Gasteiger partial charge in [-0.3, -0.25) is 4.90 Å². The molecule has 0 amide bonds. The second-order valence-electron chi connectivity index (χ2n) is 4.09. The maximum atomic E-state index is 3.14. The quantitative estimate of drug-likeness (QED) is 0.789. The standard InChI is InChI=1S/C13H19N2.C2H6.Y/c1-2-8-14-9-11-15(12-10-14)13-6-4-3-5-7-13;1-2;/h3-4,6-7H,2,8-12H2,1H3;1-2H3;/q-1;;. The summed E-state index contributed by atoms with van der Waals surface area (Å²) in [5.41, 5.74) is 1.31. The van der Waals surface area contributed by atoms with Gasteiger partial charge in [0.05, 0.1) is 0 Å². The van der Waals surface area contributed by atoms with Gasteiger partial charge in [0.15, 0.2) is 0 Å². The van der Waals surface area contributed by atoms with Crippen LogP contribution in [0.2, 0.25) is 0 Å². The molecule has 0 aromatic heterocycles. The minimum Gasteiger partial charge on any atom is -0.421 e. The van der Waals surface area contributed by atoms with Crippen LogP contribution >= 0.6 is 0 Å². The van der Waals surface area contributed by atoms with Crippen LogP contribution in [0.5, 0.6) is 0 Å². The topological polar surface area (TPSA) is 6.48 Å². The van der Waals surface area contributed by atoms with Crippen molar-refractivity contribution in [2.75, 3.05) is 37.6 Å². The van der Waals surface area contributed by atoms with Gasteiger partial charge in [0.25, 0.3) is 0 Å². The van der Waals surface area contributed by atoms with Gasteiger partial charge in [0.1, 0.15) is 0 Å². The molecule has 0 bridgehead atoms. The third-order valence-electron chi connectivity index (χ3n) is 2.97. The second kappa shape index (κ2) is 11.0. The van der Waals surface area contributed by atoms with Gasteiger partial charge in [-0.15, -0.1) is 6.07 Å². The summed E-state index contributed by atoms with van der Waals surface area (Å²) in [5, 5.41) is 0. The Morgan fingerprint density at radius 1 is 1.17 bits per heavy atom. The van der Waals surface area contributed by atoms with E-state index in [-0.39, 0.29) is 32.7 Å². The molecule has 1 fully saturated rings. The summed E-state index contributed by atoms with van der Waals surface area (Å²) in [6, 6.07) is 11.4. The van der Waals surface area contributed by atoms with Crippen LogP contribution in [0.4, 0.5) is 5.69 Å². The molecule has 0 aliphatic carbocycles. The van der Waals surface area contributed by atoms with E-state index in [1.807, 2.05) is 19.9 Å². The summed E-state index contributed by atoms with van der Waals surface area (Å²) in [6.45, 7) is 12.2. The van der Waals surface area contributed by atoms with Crippen LogP contribution in [0.15, 0.2) is 24.3 Å². The zero-order valence-electron chi connectivity index (χ0n) is 12.0. The SMILES string of the molecule is CC.CCCN1CCN(c2c[c-]ccc2)CC1.[Y]. The first-order valence-corrected chi connectivity index (χ1v) is 6.83.